The van der Waals surface area contributed by atoms with Crippen LogP contribution in [0.5, 0.6) is 34.5 Å². The molecule has 0 saturated heterocycles. The first kappa shape index (κ1) is 27.1. The van der Waals surface area contributed by atoms with E-state index in [1.165, 1.54) is 0 Å². The highest BCUT2D eigenvalue weighted by molar-refractivity contribution is 5.63. The zero-order chi connectivity index (χ0) is 27.8. The molecule has 1 heterocycles. The molecule has 2 N–H and O–H groups in total. The van der Waals surface area contributed by atoms with E-state index in [1.807, 2.05) is 30.3 Å². The van der Waals surface area contributed by atoms with E-state index in [4.69, 9.17) is 28.4 Å². The van der Waals surface area contributed by atoms with Gasteiger partial charge >= 0.3 is 0 Å². The zero-order valence-corrected chi connectivity index (χ0v) is 22.7. The van der Waals surface area contributed by atoms with Crippen LogP contribution in [0.3, 0.4) is 0 Å². The lowest BCUT2D eigenvalue weighted by Crippen LogP contribution is -2.08. The summed E-state index contributed by atoms with van der Waals surface area (Å²) >= 11 is 0. The molecule has 0 fully saturated rings. The summed E-state index contributed by atoms with van der Waals surface area (Å²) in [6.07, 6.45) is 0.421. The molecule has 0 atom stereocenters. The summed E-state index contributed by atoms with van der Waals surface area (Å²) in [6.45, 7) is 0. The average Bonchev–Trinajstić information content (AvgIpc) is 2.96. The lowest BCUT2D eigenvalue weighted by molar-refractivity contribution is 0.354. The molecule has 1 aromatic heterocycles. The minimum atomic E-state index is 0.343. The quantitative estimate of drug-likeness (QED) is 0.256. The first-order valence-electron chi connectivity index (χ1n) is 11.9. The first-order valence-corrected chi connectivity index (χ1v) is 11.9. The standard InChI is InChI=1S/C28H31N5O6/c1-34-20-10-7-17(13-23(20)37-4)14-26-31-27(29-18-8-11-21(35-2)24(15-18)38-5)33-28(32-26)30-19-9-12-22(36-3)25(16-19)39-6/h7-13,15-16H,14H2,1-6H3,(H2,29,30,31,32,33). The Bertz CT molecular complexity index is 1250. The van der Waals surface area contributed by atoms with Crippen molar-refractivity contribution in [1.29, 1.82) is 0 Å². The molecule has 0 aliphatic heterocycles. The molecule has 0 aliphatic carbocycles. The maximum absolute atomic E-state index is 5.45. The van der Waals surface area contributed by atoms with Gasteiger partial charge in [0.25, 0.3) is 0 Å². The summed E-state index contributed by atoms with van der Waals surface area (Å²) < 4.78 is 32.3. The second kappa shape index (κ2) is 12.5. The number of rotatable bonds is 12. The van der Waals surface area contributed by atoms with Crippen LogP contribution in [-0.2, 0) is 6.42 Å². The number of nitrogens with zero attached hydrogens (tertiary/aromatic N) is 3. The number of ether oxygens (including phenoxy) is 6. The van der Waals surface area contributed by atoms with Crippen molar-refractivity contribution in [2.24, 2.45) is 0 Å². The Kier molecular flexibility index (Phi) is 8.72. The fourth-order valence-electron chi connectivity index (χ4n) is 3.87. The van der Waals surface area contributed by atoms with Gasteiger partial charge in [-0.2, -0.15) is 15.0 Å². The van der Waals surface area contributed by atoms with Gasteiger partial charge in [0.05, 0.1) is 42.7 Å². The summed E-state index contributed by atoms with van der Waals surface area (Å²) in [7, 11) is 9.53. The number of anilines is 4. The van der Waals surface area contributed by atoms with Gasteiger partial charge in [0.2, 0.25) is 11.9 Å². The molecule has 0 aliphatic rings. The summed E-state index contributed by atoms with van der Waals surface area (Å²) in [5, 5.41) is 6.47. The largest absolute Gasteiger partial charge is 0.493 e. The lowest BCUT2D eigenvalue weighted by atomic mass is 10.1. The van der Waals surface area contributed by atoms with Crippen molar-refractivity contribution in [3.8, 4) is 34.5 Å². The monoisotopic (exact) mass is 533 g/mol. The van der Waals surface area contributed by atoms with Crippen LogP contribution in [0.25, 0.3) is 0 Å². The predicted molar refractivity (Wildman–Crippen MR) is 148 cm³/mol. The number of methoxy groups -OCH3 is 6. The van der Waals surface area contributed by atoms with Crippen LogP contribution in [0.1, 0.15) is 11.4 Å². The molecule has 4 rings (SSSR count). The Balaban J connectivity index is 1.69. The van der Waals surface area contributed by atoms with Gasteiger partial charge in [0, 0.05) is 29.9 Å². The summed E-state index contributed by atoms with van der Waals surface area (Å²) in [4.78, 5) is 13.9. The molecule has 11 heteroatoms. The molecular formula is C28H31N5O6. The fraction of sp³-hybridized carbons (Fsp3) is 0.250. The third kappa shape index (κ3) is 6.50. The van der Waals surface area contributed by atoms with Crippen LogP contribution >= 0.6 is 0 Å². The number of benzene rings is 3. The molecule has 4 aromatic rings. The topological polar surface area (TPSA) is 118 Å². The molecule has 0 amide bonds. The van der Waals surface area contributed by atoms with Crippen molar-refractivity contribution in [1.82, 2.24) is 15.0 Å². The summed E-state index contributed by atoms with van der Waals surface area (Å²) in [5.41, 5.74) is 2.37. The lowest BCUT2D eigenvalue weighted by Gasteiger charge is -2.14. The Hall–Kier alpha value is -4.93. The van der Waals surface area contributed by atoms with Gasteiger partial charge in [0.1, 0.15) is 5.82 Å². The summed E-state index contributed by atoms with van der Waals surface area (Å²) in [5.74, 6) is 4.86. The van der Waals surface area contributed by atoms with E-state index in [9.17, 15) is 0 Å². The molecule has 0 bridgehead atoms. The second-order valence-corrected chi connectivity index (χ2v) is 8.15. The highest BCUT2D eigenvalue weighted by Crippen LogP contribution is 2.33. The van der Waals surface area contributed by atoms with Crippen LogP contribution in [0.4, 0.5) is 23.3 Å². The summed E-state index contributed by atoms with van der Waals surface area (Å²) in [6, 6.07) is 16.6. The number of nitrogens with one attached hydrogen (secondary N) is 2. The molecule has 204 valence electrons. The normalized spacial score (nSPS) is 10.4. The molecule has 11 nitrogen and oxygen atoms in total. The van der Waals surface area contributed by atoms with Gasteiger partial charge in [-0.3, -0.25) is 0 Å². The highest BCUT2D eigenvalue weighted by Gasteiger charge is 2.13. The molecule has 0 spiro atoms. The van der Waals surface area contributed by atoms with Crippen molar-refractivity contribution in [3.63, 3.8) is 0 Å². The van der Waals surface area contributed by atoms with E-state index in [2.05, 4.69) is 25.6 Å². The van der Waals surface area contributed by atoms with E-state index in [1.54, 1.807) is 66.9 Å². The van der Waals surface area contributed by atoms with Gasteiger partial charge in [0.15, 0.2) is 34.5 Å². The van der Waals surface area contributed by atoms with E-state index >= 15 is 0 Å². The van der Waals surface area contributed by atoms with Crippen LogP contribution in [0.15, 0.2) is 54.6 Å². The van der Waals surface area contributed by atoms with Crippen LogP contribution in [-0.4, -0.2) is 57.6 Å². The fourth-order valence-corrected chi connectivity index (χ4v) is 3.87. The SMILES string of the molecule is COc1ccc(Cc2nc(Nc3ccc(OC)c(OC)c3)nc(Nc3ccc(OC)c(OC)c3)n2)cc1OC. The molecule has 3 aromatic carbocycles. The third-order valence-electron chi connectivity index (χ3n) is 5.77. The minimum Gasteiger partial charge on any atom is -0.493 e. The van der Waals surface area contributed by atoms with Crippen molar-refractivity contribution in [3.05, 3.63) is 66.0 Å². The molecular weight excluding hydrogens is 502 g/mol. The Morgan fingerprint density at radius 3 is 1.33 bits per heavy atom. The van der Waals surface area contributed by atoms with E-state index in [-0.39, 0.29) is 0 Å². The predicted octanol–water partition coefficient (Wildman–Crippen LogP) is 5.00. The first-order chi connectivity index (χ1) is 19.0. The maximum atomic E-state index is 5.45. The Morgan fingerprint density at radius 2 is 0.897 bits per heavy atom. The van der Waals surface area contributed by atoms with Gasteiger partial charge < -0.3 is 39.1 Å². The van der Waals surface area contributed by atoms with E-state index < -0.39 is 0 Å². The van der Waals surface area contributed by atoms with Crippen molar-refractivity contribution in [2.75, 3.05) is 53.3 Å². The van der Waals surface area contributed by atoms with E-state index in [0.29, 0.717) is 70.0 Å². The van der Waals surface area contributed by atoms with Gasteiger partial charge in [-0.25, -0.2) is 0 Å². The van der Waals surface area contributed by atoms with Crippen LogP contribution < -0.4 is 39.1 Å². The zero-order valence-electron chi connectivity index (χ0n) is 22.7. The smallest absolute Gasteiger partial charge is 0.232 e. The highest BCUT2D eigenvalue weighted by atomic mass is 16.5. The van der Waals surface area contributed by atoms with Gasteiger partial charge in [-0.15, -0.1) is 0 Å². The third-order valence-corrected chi connectivity index (χ3v) is 5.77. The number of hydrogen-bond acceptors (Lipinski definition) is 11. The molecule has 0 saturated carbocycles. The average molecular weight is 534 g/mol. The molecule has 39 heavy (non-hydrogen) atoms. The second-order valence-electron chi connectivity index (χ2n) is 8.15. The Morgan fingerprint density at radius 1 is 0.487 bits per heavy atom. The maximum Gasteiger partial charge on any atom is 0.232 e. The van der Waals surface area contributed by atoms with Crippen molar-refractivity contribution >= 4 is 23.3 Å². The Labute approximate surface area is 227 Å². The van der Waals surface area contributed by atoms with E-state index in [0.717, 1.165) is 5.56 Å². The van der Waals surface area contributed by atoms with Crippen molar-refractivity contribution < 1.29 is 28.4 Å². The van der Waals surface area contributed by atoms with Gasteiger partial charge in [-0.1, -0.05) is 6.07 Å². The molecule has 0 unspecified atom stereocenters. The number of hydrogen-bond donors (Lipinski definition) is 2. The molecule has 0 radical (unpaired) electrons. The number of aromatic nitrogens is 3. The van der Waals surface area contributed by atoms with Crippen molar-refractivity contribution in [2.45, 2.75) is 6.42 Å². The van der Waals surface area contributed by atoms with Crippen LogP contribution in [0.2, 0.25) is 0 Å². The van der Waals surface area contributed by atoms with Crippen LogP contribution in [0, 0.1) is 0 Å². The minimum absolute atomic E-state index is 0.343. The van der Waals surface area contributed by atoms with Gasteiger partial charge in [-0.05, 0) is 42.0 Å².